The number of imide groups is 1. The van der Waals surface area contributed by atoms with Crippen molar-refractivity contribution < 1.29 is 23.9 Å². The molecule has 0 radical (unpaired) electrons. The zero-order chi connectivity index (χ0) is 29.6. The molecule has 8 nitrogen and oxygen atoms in total. The van der Waals surface area contributed by atoms with Crippen molar-refractivity contribution in [3.8, 4) is 11.5 Å². The van der Waals surface area contributed by atoms with Gasteiger partial charge in [-0.15, -0.1) is 0 Å². The van der Waals surface area contributed by atoms with Crippen molar-refractivity contribution in [3.63, 3.8) is 0 Å². The molecule has 3 aromatic carbocycles. The summed E-state index contributed by atoms with van der Waals surface area (Å²) in [6.07, 6.45) is 4.34. The van der Waals surface area contributed by atoms with E-state index in [4.69, 9.17) is 9.47 Å². The van der Waals surface area contributed by atoms with Gasteiger partial charge in [-0.05, 0) is 67.1 Å². The lowest BCUT2D eigenvalue weighted by atomic mass is 9.81. The maximum atomic E-state index is 13.7. The van der Waals surface area contributed by atoms with Gasteiger partial charge < -0.3 is 19.7 Å². The number of nitrogens with one attached hydrogen (secondary N) is 1. The minimum absolute atomic E-state index is 0.0550. The van der Waals surface area contributed by atoms with E-state index >= 15 is 0 Å². The van der Waals surface area contributed by atoms with Gasteiger partial charge in [0.05, 0.1) is 26.7 Å². The highest BCUT2D eigenvalue weighted by atomic mass is 16.5. The van der Waals surface area contributed by atoms with Crippen molar-refractivity contribution in [1.82, 2.24) is 15.1 Å². The maximum absolute atomic E-state index is 13.7. The molecule has 2 fully saturated rings. The van der Waals surface area contributed by atoms with Crippen molar-refractivity contribution in [3.05, 3.63) is 94.5 Å². The van der Waals surface area contributed by atoms with Crippen LogP contribution in [0.1, 0.15) is 58.3 Å². The number of fused-ring (bicyclic) bond motifs is 1. The second-order valence-corrected chi connectivity index (χ2v) is 11.2. The number of hydrogen-bond acceptors (Lipinski definition) is 5. The molecule has 8 heteroatoms. The minimum Gasteiger partial charge on any atom is -0.493 e. The van der Waals surface area contributed by atoms with Crippen molar-refractivity contribution in [1.29, 1.82) is 0 Å². The quantitative estimate of drug-likeness (QED) is 0.348. The first-order valence-electron chi connectivity index (χ1n) is 14.6. The maximum Gasteiger partial charge on any atom is 0.327 e. The highest BCUT2D eigenvalue weighted by Gasteiger charge is 2.46. The Balaban J connectivity index is 1.22. The summed E-state index contributed by atoms with van der Waals surface area (Å²) in [6.45, 7) is 3.19. The Morgan fingerprint density at radius 3 is 2.33 bits per heavy atom. The predicted octanol–water partition coefficient (Wildman–Crippen LogP) is 5.51. The van der Waals surface area contributed by atoms with Crippen LogP contribution in [0.25, 0.3) is 0 Å². The molecular formula is C34H39N3O5. The van der Waals surface area contributed by atoms with Gasteiger partial charge in [-0.2, -0.15) is 0 Å². The van der Waals surface area contributed by atoms with E-state index < -0.39 is 0 Å². The first kappa shape index (κ1) is 29.2. The number of ether oxygens (including phenoxy) is 2. The molecule has 1 saturated carbocycles. The third kappa shape index (κ3) is 6.43. The number of hydrogen-bond donors (Lipinski definition) is 1. The van der Waals surface area contributed by atoms with Gasteiger partial charge in [0.2, 0.25) is 5.91 Å². The Kier molecular flexibility index (Phi) is 9.10. The SMILES string of the molecule is COc1ccc(CCNC(=O)c2ccc(CN3C(=O)C4CCCCC4N(Cc4cccc(C)c4)C3=O)cc2)cc1OC. The van der Waals surface area contributed by atoms with Crippen LogP contribution in [0.15, 0.2) is 66.7 Å². The fraction of sp³-hybridized carbons (Fsp3) is 0.382. The average molecular weight is 570 g/mol. The van der Waals surface area contributed by atoms with Crippen LogP contribution in [0.3, 0.4) is 0 Å². The molecule has 5 rings (SSSR count). The third-order valence-electron chi connectivity index (χ3n) is 8.33. The number of carbonyl (C=O) groups is 3. The van der Waals surface area contributed by atoms with Crippen LogP contribution in [-0.4, -0.2) is 54.5 Å². The number of amides is 4. The largest absolute Gasteiger partial charge is 0.493 e. The third-order valence-corrected chi connectivity index (χ3v) is 8.33. The molecule has 3 aromatic rings. The summed E-state index contributed by atoms with van der Waals surface area (Å²) in [5, 5.41) is 2.96. The van der Waals surface area contributed by atoms with E-state index in [1.807, 2.05) is 60.4 Å². The molecule has 4 amide bonds. The summed E-state index contributed by atoms with van der Waals surface area (Å²) >= 11 is 0. The van der Waals surface area contributed by atoms with Gasteiger partial charge in [0.15, 0.2) is 11.5 Å². The van der Waals surface area contributed by atoms with Crippen molar-refractivity contribution in [2.45, 2.75) is 58.2 Å². The van der Waals surface area contributed by atoms with E-state index in [1.54, 1.807) is 26.4 Å². The van der Waals surface area contributed by atoms with Gasteiger partial charge >= 0.3 is 6.03 Å². The molecule has 1 aliphatic carbocycles. The normalized spacial score (nSPS) is 18.5. The average Bonchev–Trinajstić information content (AvgIpc) is 3.01. The second-order valence-electron chi connectivity index (χ2n) is 11.2. The van der Waals surface area contributed by atoms with Crippen molar-refractivity contribution in [2.75, 3.05) is 20.8 Å². The van der Waals surface area contributed by atoms with E-state index in [1.165, 1.54) is 4.90 Å². The minimum atomic E-state index is -0.235. The van der Waals surface area contributed by atoms with Gasteiger partial charge in [-0.3, -0.25) is 14.5 Å². The molecule has 0 bridgehead atoms. The summed E-state index contributed by atoms with van der Waals surface area (Å²) in [4.78, 5) is 43.3. The van der Waals surface area contributed by atoms with Crippen LogP contribution in [0.5, 0.6) is 11.5 Å². The second kappa shape index (κ2) is 13.1. The lowest BCUT2D eigenvalue weighted by Crippen LogP contribution is -2.61. The molecule has 42 heavy (non-hydrogen) atoms. The Hall–Kier alpha value is -4.33. The van der Waals surface area contributed by atoms with Crippen LogP contribution in [0.2, 0.25) is 0 Å². The van der Waals surface area contributed by atoms with E-state index in [2.05, 4.69) is 11.4 Å². The van der Waals surface area contributed by atoms with Crippen LogP contribution >= 0.6 is 0 Å². The van der Waals surface area contributed by atoms with Gasteiger partial charge in [0.25, 0.3) is 5.91 Å². The Bertz CT molecular complexity index is 1440. The number of carbonyl (C=O) groups excluding carboxylic acids is 3. The molecule has 1 aliphatic heterocycles. The molecule has 1 saturated heterocycles. The highest BCUT2D eigenvalue weighted by molar-refractivity contribution is 5.99. The summed E-state index contributed by atoms with van der Waals surface area (Å²) < 4.78 is 10.6. The topological polar surface area (TPSA) is 88.2 Å². The lowest BCUT2D eigenvalue weighted by molar-refractivity contribution is -0.141. The van der Waals surface area contributed by atoms with Gasteiger partial charge in [-0.1, -0.05) is 60.9 Å². The van der Waals surface area contributed by atoms with Gasteiger partial charge in [-0.25, -0.2) is 4.79 Å². The zero-order valence-electron chi connectivity index (χ0n) is 24.6. The number of methoxy groups -OCH3 is 2. The standard InChI is InChI=1S/C34H39N3O5/c1-23-7-6-8-26(19-23)22-36-29-10-5-4-9-28(29)33(39)37(34(36)40)21-25-11-14-27(15-12-25)32(38)35-18-17-24-13-16-30(41-2)31(20-24)42-3/h6-8,11-16,19-20,28-29H,4-5,9-10,17-18,21-22H2,1-3H3,(H,35,38). The number of urea groups is 1. The molecule has 2 atom stereocenters. The molecule has 220 valence electrons. The van der Waals surface area contributed by atoms with Gasteiger partial charge in [0, 0.05) is 24.7 Å². The summed E-state index contributed by atoms with van der Waals surface area (Å²) in [6, 6.07) is 20.7. The van der Waals surface area contributed by atoms with Crippen LogP contribution < -0.4 is 14.8 Å². The zero-order valence-corrected chi connectivity index (χ0v) is 24.6. The fourth-order valence-electron chi connectivity index (χ4n) is 6.10. The monoisotopic (exact) mass is 569 g/mol. The first-order chi connectivity index (χ1) is 20.4. The molecule has 2 aliphatic rings. The Morgan fingerprint density at radius 2 is 1.60 bits per heavy atom. The highest BCUT2D eigenvalue weighted by Crippen LogP contribution is 2.36. The summed E-state index contributed by atoms with van der Waals surface area (Å²) in [5.74, 6) is 0.886. The van der Waals surface area contributed by atoms with Crippen molar-refractivity contribution >= 4 is 17.8 Å². The van der Waals surface area contributed by atoms with E-state index in [9.17, 15) is 14.4 Å². The molecular weight excluding hydrogens is 530 g/mol. The van der Waals surface area contributed by atoms with Crippen LogP contribution in [0, 0.1) is 12.8 Å². The Morgan fingerprint density at radius 1 is 0.857 bits per heavy atom. The predicted molar refractivity (Wildman–Crippen MR) is 160 cm³/mol. The summed E-state index contributed by atoms with van der Waals surface area (Å²) in [7, 11) is 3.19. The number of aryl methyl sites for hydroxylation is 1. The molecule has 1 heterocycles. The van der Waals surface area contributed by atoms with E-state index in [0.717, 1.165) is 47.9 Å². The fourth-order valence-corrected chi connectivity index (χ4v) is 6.10. The Labute approximate surface area is 247 Å². The molecule has 1 N–H and O–H groups in total. The van der Waals surface area contributed by atoms with Crippen LogP contribution in [-0.2, 0) is 24.3 Å². The first-order valence-corrected chi connectivity index (χ1v) is 14.6. The van der Waals surface area contributed by atoms with E-state index in [-0.39, 0.29) is 36.3 Å². The lowest BCUT2D eigenvalue weighted by Gasteiger charge is -2.47. The van der Waals surface area contributed by atoms with E-state index in [0.29, 0.717) is 36.6 Å². The number of benzene rings is 3. The molecule has 0 spiro atoms. The number of nitrogens with zero attached hydrogens (tertiary/aromatic N) is 2. The van der Waals surface area contributed by atoms with Gasteiger partial charge in [0.1, 0.15) is 0 Å². The summed E-state index contributed by atoms with van der Waals surface area (Å²) in [5.41, 5.74) is 4.58. The smallest absolute Gasteiger partial charge is 0.327 e. The van der Waals surface area contributed by atoms with Crippen LogP contribution in [0.4, 0.5) is 4.79 Å². The van der Waals surface area contributed by atoms with Crippen molar-refractivity contribution in [2.24, 2.45) is 5.92 Å². The molecule has 2 unspecified atom stereocenters. The number of rotatable bonds is 10. The molecule has 0 aromatic heterocycles.